The monoisotopic (exact) mass is 418 g/mol. The first-order valence-corrected chi connectivity index (χ1v) is 10.6. The van der Waals surface area contributed by atoms with E-state index >= 15 is 0 Å². The van der Waals surface area contributed by atoms with Gasteiger partial charge in [0.05, 0.1) is 29.1 Å². The molecule has 0 amide bonds. The van der Waals surface area contributed by atoms with Crippen molar-refractivity contribution >= 4 is 11.3 Å². The van der Waals surface area contributed by atoms with Gasteiger partial charge in [-0.1, -0.05) is 0 Å². The molecule has 2 fully saturated rings. The zero-order valence-corrected chi connectivity index (χ0v) is 17.7. The lowest BCUT2D eigenvalue weighted by atomic mass is 10.1. The first-order valence-electron chi connectivity index (χ1n) is 10.6. The minimum Gasteiger partial charge on any atom is -0.489 e. The fourth-order valence-electron chi connectivity index (χ4n) is 4.66. The lowest BCUT2D eigenvalue weighted by molar-refractivity contribution is 0.0283. The molecule has 8 nitrogen and oxygen atoms in total. The molecule has 1 aliphatic carbocycles. The van der Waals surface area contributed by atoms with E-state index in [0.717, 1.165) is 36.6 Å². The Morgan fingerprint density at radius 3 is 2.68 bits per heavy atom. The van der Waals surface area contributed by atoms with Gasteiger partial charge in [0, 0.05) is 30.4 Å². The van der Waals surface area contributed by atoms with Gasteiger partial charge in [0.1, 0.15) is 24.2 Å². The number of pyridine rings is 2. The highest BCUT2D eigenvalue weighted by Crippen LogP contribution is 2.51. The van der Waals surface area contributed by atoms with E-state index in [0.29, 0.717) is 34.6 Å². The number of nitriles is 1. The molecule has 3 atom stereocenters. The van der Waals surface area contributed by atoms with E-state index in [1.165, 1.54) is 0 Å². The van der Waals surface area contributed by atoms with E-state index in [4.69, 9.17) is 15.5 Å². The molecule has 0 aromatic carbocycles. The summed E-state index contributed by atoms with van der Waals surface area (Å²) in [5, 5.41) is 23.8. The molecule has 8 heteroatoms. The first-order chi connectivity index (χ1) is 14.9. The third kappa shape index (κ3) is 3.60. The van der Waals surface area contributed by atoms with Crippen LogP contribution in [0.15, 0.2) is 36.8 Å². The molecule has 3 N–H and O–H groups in total. The number of anilines is 1. The number of aliphatic hydroxyl groups is 1. The number of nitrogens with two attached hydrogens (primary N) is 1. The molecular weight excluding hydrogens is 392 g/mol. The van der Waals surface area contributed by atoms with Gasteiger partial charge in [-0.15, -0.1) is 0 Å². The summed E-state index contributed by atoms with van der Waals surface area (Å²) in [5.74, 6) is 3.63. The number of rotatable bonds is 6. The summed E-state index contributed by atoms with van der Waals surface area (Å²) in [6, 6.07) is 8.13. The highest BCUT2D eigenvalue weighted by Gasteiger charge is 2.54. The Bertz CT molecular complexity index is 1150. The molecule has 1 saturated heterocycles. The van der Waals surface area contributed by atoms with Crippen LogP contribution in [0.4, 0.5) is 5.82 Å². The topological polar surface area (TPSA) is 113 Å². The maximum atomic E-state index is 10.00. The molecule has 1 saturated carbocycles. The van der Waals surface area contributed by atoms with Crippen LogP contribution in [0.25, 0.3) is 16.6 Å². The highest BCUT2D eigenvalue weighted by atomic mass is 16.5. The molecule has 160 valence electrons. The molecule has 4 heterocycles. The van der Waals surface area contributed by atoms with Crippen LogP contribution in [0.1, 0.15) is 19.4 Å². The van der Waals surface area contributed by atoms with Crippen molar-refractivity contribution in [2.75, 3.05) is 31.1 Å². The van der Waals surface area contributed by atoms with E-state index < -0.39 is 5.60 Å². The normalized spacial score (nSPS) is 22.4. The molecular formula is C23H26N6O2. The summed E-state index contributed by atoms with van der Waals surface area (Å²) >= 11 is 0. The third-order valence-electron chi connectivity index (χ3n) is 6.33. The van der Waals surface area contributed by atoms with Crippen LogP contribution in [-0.4, -0.2) is 51.5 Å². The lowest BCUT2D eigenvalue weighted by Crippen LogP contribution is -2.27. The SMILES string of the molecule is CC(C)(O)COc1cc(-c2ccc(N3C[C@@H]4[C@@H](CN)[C@@H]4C3)nc2)c2c(C#N)cnn2c1. The van der Waals surface area contributed by atoms with Crippen molar-refractivity contribution in [3.05, 3.63) is 42.4 Å². The first kappa shape index (κ1) is 19.8. The van der Waals surface area contributed by atoms with Gasteiger partial charge in [-0.3, -0.25) is 0 Å². The second-order valence-corrected chi connectivity index (χ2v) is 9.19. The summed E-state index contributed by atoms with van der Waals surface area (Å²) in [7, 11) is 0. The lowest BCUT2D eigenvalue weighted by Gasteiger charge is -2.21. The number of aromatic nitrogens is 3. The Morgan fingerprint density at radius 2 is 2.06 bits per heavy atom. The average Bonchev–Trinajstić information content (AvgIpc) is 3.07. The van der Waals surface area contributed by atoms with Crippen molar-refractivity contribution in [3.63, 3.8) is 0 Å². The van der Waals surface area contributed by atoms with Gasteiger partial charge in [-0.2, -0.15) is 10.4 Å². The maximum absolute atomic E-state index is 10.00. The summed E-state index contributed by atoms with van der Waals surface area (Å²) in [6.45, 7) is 6.34. The largest absolute Gasteiger partial charge is 0.489 e. The summed E-state index contributed by atoms with van der Waals surface area (Å²) < 4.78 is 7.43. The van der Waals surface area contributed by atoms with Crippen molar-refractivity contribution in [1.29, 1.82) is 5.26 Å². The van der Waals surface area contributed by atoms with Gasteiger partial charge < -0.3 is 20.5 Å². The predicted octanol–water partition coefficient (Wildman–Crippen LogP) is 2.06. The summed E-state index contributed by atoms with van der Waals surface area (Å²) in [5.41, 5.74) is 7.75. The number of ether oxygens (including phenoxy) is 1. The Kier molecular flexibility index (Phi) is 4.61. The Morgan fingerprint density at radius 1 is 1.29 bits per heavy atom. The molecule has 0 spiro atoms. The molecule has 0 unspecified atom stereocenters. The van der Waals surface area contributed by atoms with Crippen LogP contribution >= 0.6 is 0 Å². The number of hydrogen-bond acceptors (Lipinski definition) is 7. The zero-order chi connectivity index (χ0) is 21.8. The zero-order valence-electron chi connectivity index (χ0n) is 17.7. The second kappa shape index (κ2) is 7.22. The Labute approximate surface area is 180 Å². The summed E-state index contributed by atoms with van der Waals surface area (Å²) in [4.78, 5) is 7.03. The Balaban J connectivity index is 1.45. The molecule has 0 radical (unpaired) electrons. The molecule has 2 aliphatic rings. The van der Waals surface area contributed by atoms with Crippen molar-refractivity contribution < 1.29 is 9.84 Å². The van der Waals surface area contributed by atoms with E-state index in [9.17, 15) is 10.4 Å². The van der Waals surface area contributed by atoms with Gasteiger partial charge in [-0.25, -0.2) is 9.50 Å². The standard InChI is InChI=1S/C23H26N6O2/c1-23(2,30)13-31-16-5-17(22-15(6-24)9-27-29(22)10-16)14-3-4-21(26-8-14)28-11-19-18(7-25)20(19)12-28/h3-5,8-10,18-20,30H,7,11-13,25H2,1-2H3/t18-,19-,20+. The van der Waals surface area contributed by atoms with E-state index in [2.05, 4.69) is 16.1 Å². The third-order valence-corrected chi connectivity index (χ3v) is 6.33. The predicted molar refractivity (Wildman–Crippen MR) is 117 cm³/mol. The van der Waals surface area contributed by atoms with Crippen LogP contribution in [-0.2, 0) is 0 Å². The summed E-state index contributed by atoms with van der Waals surface area (Å²) in [6.07, 6.45) is 5.10. The average molecular weight is 419 g/mol. The molecule has 5 rings (SSSR count). The molecule has 3 aromatic heterocycles. The van der Waals surface area contributed by atoms with E-state index in [-0.39, 0.29) is 6.61 Å². The van der Waals surface area contributed by atoms with Crippen LogP contribution in [0.5, 0.6) is 5.75 Å². The van der Waals surface area contributed by atoms with Gasteiger partial charge >= 0.3 is 0 Å². The van der Waals surface area contributed by atoms with Gasteiger partial charge in [0.2, 0.25) is 0 Å². The quantitative estimate of drug-likeness (QED) is 0.630. The van der Waals surface area contributed by atoms with Crippen LogP contribution in [0.3, 0.4) is 0 Å². The van der Waals surface area contributed by atoms with Gasteiger partial charge in [0.15, 0.2) is 0 Å². The highest BCUT2D eigenvalue weighted by molar-refractivity contribution is 5.85. The number of nitrogens with zero attached hydrogens (tertiary/aromatic N) is 5. The van der Waals surface area contributed by atoms with Crippen LogP contribution < -0.4 is 15.4 Å². The molecule has 31 heavy (non-hydrogen) atoms. The Hall–Kier alpha value is -3.15. The minimum atomic E-state index is -0.959. The van der Waals surface area contributed by atoms with Crippen molar-refractivity contribution in [2.24, 2.45) is 23.5 Å². The minimum absolute atomic E-state index is 0.141. The molecule has 1 aliphatic heterocycles. The fourth-order valence-corrected chi connectivity index (χ4v) is 4.66. The second-order valence-electron chi connectivity index (χ2n) is 9.19. The van der Waals surface area contributed by atoms with Crippen molar-refractivity contribution in [3.8, 4) is 22.9 Å². The number of hydrogen-bond donors (Lipinski definition) is 2. The van der Waals surface area contributed by atoms with Crippen LogP contribution in [0, 0.1) is 29.1 Å². The van der Waals surface area contributed by atoms with Crippen molar-refractivity contribution in [1.82, 2.24) is 14.6 Å². The molecule has 3 aromatic rings. The van der Waals surface area contributed by atoms with Crippen molar-refractivity contribution in [2.45, 2.75) is 19.4 Å². The number of piperidine rings is 1. The van der Waals surface area contributed by atoms with Gasteiger partial charge in [0.25, 0.3) is 0 Å². The van der Waals surface area contributed by atoms with E-state index in [1.807, 2.05) is 24.4 Å². The van der Waals surface area contributed by atoms with E-state index in [1.54, 1.807) is 30.8 Å². The van der Waals surface area contributed by atoms with Gasteiger partial charge in [-0.05, 0) is 56.3 Å². The smallest absolute Gasteiger partial charge is 0.138 e. The fraction of sp³-hybridized carbons (Fsp3) is 0.435. The maximum Gasteiger partial charge on any atom is 0.138 e. The van der Waals surface area contributed by atoms with Crippen LogP contribution in [0.2, 0.25) is 0 Å². The molecule has 0 bridgehead atoms. The number of fused-ring (bicyclic) bond motifs is 2.